The molecule has 0 aliphatic rings. The minimum absolute atomic E-state index is 0.271. The molecule has 0 aliphatic carbocycles. The fourth-order valence-corrected chi connectivity index (χ4v) is 2.67. The van der Waals surface area contributed by atoms with Gasteiger partial charge in [0.25, 0.3) is 0 Å². The Kier molecular flexibility index (Phi) is 6.56. The van der Waals surface area contributed by atoms with E-state index in [1.54, 1.807) is 27.7 Å². The fourth-order valence-electron chi connectivity index (χ4n) is 0.930. The molecule has 0 fully saturated rings. The summed E-state index contributed by atoms with van der Waals surface area (Å²) in [7, 11) is -3.39. The molecule has 0 aromatic rings. The molecule has 0 radical (unpaired) electrons. The van der Waals surface area contributed by atoms with Gasteiger partial charge in [-0.25, -0.2) is 4.79 Å². The Bertz CT molecular complexity index is 271. The van der Waals surface area contributed by atoms with Crippen molar-refractivity contribution in [2.45, 2.75) is 39.9 Å². The highest BCUT2D eigenvalue weighted by molar-refractivity contribution is 7.53. The normalized spacial score (nSPS) is 11.9. The summed E-state index contributed by atoms with van der Waals surface area (Å²) >= 11 is 0. The van der Waals surface area contributed by atoms with Crippen LogP contribution in [0.25, 0.3) is 0 Å². The molecule has 6 heteroatoms. The quantitative estimate of drug-likeness (QED) is 0.395. The molecule has 0 amide bonds. The molecular weight excluding hydrogens is 231 g/mol. The average Bonchev–Trinajstić information content (AvgIpc) is 2.11. The van der Waals surface area contributed by atoms with Crippen LogP contribution in [-0.4, -0.2) is 24.5 Å². The van der Waals surface area contributed by atoms with Crippen LogP contribution < -0.4 is 0 Å². The van der Waals surface area contributed by atoms with E-state index in [0.29, 0.717) is 0 Å². The number of esters is 1. The van der Waals surface area contributed by atoms with Crippen molar-refractivity contribution in [1.82, 2.24) is 0 Å². The summed E-state index contributed by atoms with van der Waals surface area (Å²) in [6.07, 6.45) is 0.0579. The van der Waals surface area contributed by atoms with Crippen LogP contribution >= 0.6 is 7.60 Å². The smallest absolute Gasteiger partial charge is 0.368 e. The lowest BCUT2D eigenvalue weighted by Crippen LogP contribution is -2.13. The van der Waals surface area contributed by atoms with Crippen molar-refractivity contribution in [3.8, 4) is 0 Å². The van der Waals surface area contributed by atoms with Gasteiger partial charge in [-0.3, -0.25) is 4.57 Å². The molecule has 5 nitrogen and oxygen atoms in total. The van der Waals surface area contributed by atoms with Crippen molar-refractivity contribution in [2.75, 3.05) is 6.35 Å². The largest absolute Gasteiger partial charge is 0.450 e. The zero-order valence-corrected chi connectivity index (χ0v) is 11.0. The van der Waals surface area contributed by atoms with Gasteiger partial charge in [-0.05, 0) is 27.7 Å². The van der Waals surface area contributed by atoms with Gasteiger partial charge >= 0.3 is 13.6 Å². The van der Waals surface area contributed by atoms with Gasteiger partial charge in [-0.15, -0.1) is 0 Å². The van der Waals surface area contributed by atoms with Gasteiger partial charge in [0, 0.05) is 6.08 Å². The van der Waals surface area contributed by atoms with E-state index in [4.69, 9.17) is 9.05 Å². The van der Waals surface area contributed by atoms with E-state index >= 15 is 0 Å². The second-order valence-electron chi connectivity index (χ2n) is 3.72. The van der Waals surface area contributed by atoms with Crippen LogP contribution in [0.2, 0.25) is 0 Å². The molecule has 16 heavy (non-hydrogen) atoms. The first kappa shape index (κ1) is 15.4. The van der Waals surface area contributed by atoms with E-state index in [2.05, 4.69) is 11.3 Å². The zero-order valence-electron chi connectivity index (χ0n) is 10.1. The Hall–Kier alpha value is -0.640. The first-order valence-electron chi connectivity index (χ1n) is 5.04. The third-order valence-corrected chi connectivity index (χ3v) is 3.21. The van der Waals surface area contributed by atoms with Crippen LogP contribution in [0.4, 0.5) is 0 Å². The lowest BCUT2D eigenvalue weighted by atomic mass is 10.5. The van der Waals surface area contributed by atoms with Crippen LogP contribution in [0.3, 0.4) is 0 Å². The molecule has 0 atom stereocenters. The molecule has 0 aromatic carbocycles. The van der Waals surface area contributed by atoms with Crippen LogP contribution in [0.1, 0.15) is 27.7 Å². The van der Waals surface area contributed by atoms with E-state index < -0.39 is 19.9 Å². The van der Waals surface area contributed by atoms with Gasteiger partial charge in [0.1, 0.15) is 0 Å². The summed E-state index contributed by atoms with van der Waals surface area (Å²) in [4.78, 5) is 10.9. The summed E-state index contributed by atoms with van der Waals surface area (Å²) in [5.41, 5.74) is 0. The highest BCUT2D eigenvalue weighted by atomic mass is 31.2. The third kappa shape index (κ3) is 6.77. The van der Waals surface area contributed by atoms with E-state index in [0.717, 1.165) is 6.08 Å². The molecule has 0 unspecified atom stereocenters. The maximum atomic E-state index is 12.1. The molecule has 0 rings (SSSR count). The highest BCUT2D eigenvalue weighted by Gasteiger charge is 2.29. The summed E-state index contributed by atoms with van der Waals surface area (Å²) in [5.74, 6) is -0.653. The van der Waals surface area contributed by atoms with Gasteiger partial charge in [0.05, 0.1) is 12.2 Å². The fraction of sp³-hybridized carbons (Fsp3) is 0.700. The van der Waals surface area contributed by atoms with Crippen LogP contribution in [0, 0.1) is 0 Å². The summed E-state index contributed by atoms with van der Waals surface area (Å²) in [6.45, 7) is 10.1. The Morgan fingerprint density at radius 1 is 1.25 bits per heavy atom. The van der Waals surface area contributed by atoms with Gasteiger partial charge < -0.3 is 13.8 Å². The van der Waals surface area contributed by atoms with Crippen LogP contribution in [0.5, 0.6) is 0 Å². The van der Waals surface area contributed by atoms with Gasteiger partial charge in [0.2, 0.25) is 0 Å². The van der Waals surface area contributed by atoms with E-state index in [9.17, 15) is 9.36 Å². The molecule has 0 spiro atoms. The van der Waals surface area contributed by atoms with Gasteiger partial charge in [-0.2, -0.15) is 0 Å². The van der Waals surface area contributed by atoms with E-state index in [1.165, 1.54) is 0 Å². The first-order valence-corrected chi connectivity index (χ1v) is 6.77. The summed E-state index contributed by atoms with van der Waals surface area (Å²) in [6, 6.07) is 0. The Morgan fingerprint density at radius 2 is 1.69 bits per heavy atom. The van der Waals surface area contributed by atoms with Crippen molar-refractivity contribution in [3.05, 3.63) is 12.7 Å². The molecule has 0 bridgehead atoms. The molecule has 0 aromatic heterocycles. The molecule has 0 N–H and O–H groups in total. The minimum Gasteiger partial charge on any atom is -0.450 e. The van der Waals surface area contributed by atoms with Gasteiger partial charge in [0.15, 0.2) is 6.35 Å². The summed E-state index contributed by atoms with van der Waals surface area (Å²) in [5, 5.41) is 0. The van der Waals surface area contributed by atoms with Crippen molar-refractivity contribution in [1.29, 1.82) is 0 Å². The average molecular weight is 250 g/mol. The number of carbonyl (C=O) groups is 1. The van der Waals surface area contributed by atoms with Crippen molar-refractivity contribution in [2.24, 2.45) is 0 Å². The Balaban J connectivity index is 4.47. The number of hydrogen-bond donors (Lipinski definition) is 0. The van der Waals surface area contributed by atoms with E-state index in [-0.39, 0.29) is 12.2 Å². The first-order chi connectivity index (χ1) is 7.29. The zero-order chi connectivity index (χ0) is 12.8. The van der Waals surface area contributed by atoms with Crippen molar-refractivity contribution < 1.29 is 23.1 Å². The molecule has 0 heterocycles. The monoisotopic (exact) mass is 250 g/mol. The molecule has 0 saturated carbocycles. The topological polar surface area (TPSA) is 61.8 Å². The maximum Gasteiger partial charge on any atom is 0.368 e. The second kappa shape index (κ2) is 6.84. The highest BCUT2D eigenvalue weighted by Crippen LogP contribution is 2.50. The van der Waals surface area contributed by atoms with E-state index in [1.807, 2.05) is 0 Å². The number of ether oxygens (including phenoxy) is 1. The Labute approximate surface area is 96.3 Å². The van der Waals surface area contributed by atoms with Crippen molar-refractivity contribution >= 4 is 13.6 Å². The van der Waals surface area contributed by atoms with Crippen LogP contribution in [0.15, 0.2) is 12.7 Å². The predicted octanol–water partition coefficient (Wildman–Crippen LogP) is 2.72. The molecule has 0 saturated heterocycles. The summed E-state index contributed by atoms with van der Waals surface area (Å²) < 4.78 is 27.1. The van der Waals surface area contributed by atoms with Crippen molar-refractivity contribution in [3.63, 3.8) is 0 Å². The second-order valence-corrected chi connectivity index (χ2v) is 5.62. The lowest BCUT2D eigenvalue weighted by Gasteiger charge is -2.22. The third-order valence-electron chi connectivity index (χ3n) is 1.27. The number of rotatable bonds is 7. The standard InChI is InChI=1S/C10H19O5P/c1-6-10(11)13-7-16(12,14-8(2)3)15-9(4)5/h6,8-9H,1,7H2,2-5H3. The lowest BCUT2D eigenvalue weighted by molar-refractivity contribution is -0.136. The van der Waals surface area contributed by atoms with Gasteiger partial charge in [-0.1, -0.05) is 6.58 Å². The SMILES string of the molecule is C=CC(=O)OCP(=O)(OC(C)C)OC(C)C. The molecule has 0 aliphatic heterocycles. The minimum atomic E-state index is -3.39. The Morgan fingerprint density at radius 3 is 2.00 bits per heavy atom. The maximum absolute atomic E-state index is 12.1. The number of hydrogen-bond acceptors (Lipinski definition) is 5. The number of carbonyl (C=O) groups excluding carboxylic acids is 1. The van der Waals surface area contributed by atoms with Crippen LogP contribution in [-0.2, 0) is 23.1 Å². The molecule has 94 valence electrons. The molecular formula is C10H19O5P. The predicted molar refractivity (Wildman–Crippen MR) is 61.2 cm³/mol.